The molecule has 0 unspecified atom stereocenters. The lowest BCUT2D eigenvalue weighted by molar-refractivity contribution is 0.197. The molecule has 0 bridgehead atoms. The molecule has 0 saturated carbocycles. The van der Waals surface area contributed by atoms with Gasteiger partial charge in [0.15, 0.2) is 0 Å². The number of hydrogen-bond donors (Lipinski definition) is 1. The maximum Gasteiger partial charge on any atom is 0.258 e. The number of hydrogen-bond acceptors (Lipinski definition) is 4. The van der Waals surface area contributed by atoms with Crippen molar-refractivity contribution in [1.29, 1.82) is 0 Å². The fraction of sp³-hybridized carbons (Fsp3) is 0.467. The van der Waals surface area contributed by atoms with Gasteiger partial charge in [-0.1, -0.05) is 0 Å². The van der Waals surface area contributed by atoms with Gasteiger partial charge in [-0.2, -0.15) is 0 Å². The van der Waals surface area contributed by atoms with Gasteiger partial charge in [0, 0.05) is 44.5 Å². The third kappa shape index (κ3) is 2.73. The van der Waals surface area contributed by atoms with Crippen molar-refractivity contribution < 1.29 is 0 Å². The Hall–Kier alpha value is -1.72. The van der Waals surface area contributed by atoms with E-state index in [2.05, 4.69) is 22.1 Å². The lowest BCUT2D eigenvalue weighted by Crippen LogP contribution is -2.48. The molecule has 0 aliphatic carbocycles. The number of aryl methyl sites for hydroxylation is 1. The summed E-state index contributed by atoms with van der Waals surface area (Å²) in [5.41, 5.74) is 2.70. The van der Waals surface area contributed by atoms with Crippen molar-refractivity contribution in [3.05, 3.63) is 46.0 Å². The van der Waals surface area contributed by atoms with Gasteiger partial charge in [-0.3, -0.25) is 14.1 Å². The molecule has 1 atom stereocenters. The lowest BCUT2D eigenvalue weighted by atomic mass is 10.2. The van der Waals surface area contributed by atoms with Gasteiger partial charge >= 0.3 is 0 Å². The van der Waals surface area contributed by atoms with Crippen LogP contribution in [-0.4, -0.2) is 40.0 Å². The Balaban J connectivity index is 1.90. The second-order valence-electron chi connectivity index (χ2n) is 5.61. The van der Waals surface area contributed by atoms with Gasteiger partial charge in [0.25, 0.3) is 5.56 Å². The maximum atomic E-state index is 12.1. The molecule has 3 heterocycles. The number of rotatable bonds is 2. The predicted octanol–water partition coefficient (Wildman–Crippen LogP) is 0.797. The zero-order valence-electron chi connectivity index (χ0n) is 12.0. The molecule has 0 radical (unpaired) electrons. The van der Waals surface area contributed by atoms with E-state index in [9.17, 15) is 4.79 Å². The molecule has 5 nitrogen and oxygen atoms in total. The third-order valence-electron chi connectivity index (χ3n) is 3.71. The first-order valence-corrected chi connectivity index (χ1v) is 7.06. The standard InChI is InChI=1S/C15H20N4O/c1-11-3-5-19-14(7-11)17-13(8-15(19)20)10-18-6-4-16-12(2)9-18/h3,5,7-8,12,16H,4,6,9-10H2,1-2H3/t12-/m0/s1. The Morgan fingerprint density at radius 3 is 3.10 bits per heavy atom. The average Bonchev–Trinajstić information content (AvgIpc) is 2.38. The molecule has 5 heteroatoms. The summed E-state index contributed by atoms with van der Waals surface area (Å²) < 4.78 is 1.59. The molecule has 1 saturated heterocycles. The smallest absolute Gasteiger partial charge is 0.258 e. The summed E-state index contributed by atoms with van der Waals surface area (Å²) in [5, 5.41) is 3.42. The van der Waals surface area contributed by atoms with E-state index in [4.69, 9.17) is 0 Å². The normalized spacial score (nSPS) is 20.4. The highest BCUT2D eigenvalue weighted by Crippen LogP contribution is 2.07. The highest BCUT2D eigenvalue weighted by atomic mass is 16.1. The van der Waals surface area contributed by atoms with Crippen LogP contribution in [0.1, 0.15) is 18.2 Å². The van der Waals surface area contributed by atoms with Crippen LogP contribution in [0.2, 0.25) is 0 Å². The van der Waals surface area contributed by atoms with E-state index in [-0.39, 0.29) is 5.56 Å². The van der Waals surface area contributed by atoms with E-state index >= 15 is 0 Å². The molecular formula is C15H20N4O. The Bertz CT molecular complexity index is 679. The van der Waals surface area contributed by atoms with Gasteiger partial charge in [0.2, 0.25) is 0 Å². The number of pyridine rings is 1. The minimum Gasteiger partial charge on any atom is -0.312 e. The molecule has 3 rings (SSSR count). The van der Waals surface area contributed by atoms with Gasteiger partial charge < -0.3 is 5.32 Å². The highest BCUT2D eigenvalue weighted by Gasteiger charge is 2.16. The van der Waals surface area contributed by atoms with Crippen LogP contribution in [-0.2, 0) is 6.54 Å². The fourth-order valence-corrected chi connectivity index (χ4v) is 2.72. The fourth-order valence-electron chi connectivity index (χ4n) is 2.72. The summed E-state index contributed by atoms with van der Waals surface area (Å²) in [6.45, 7) is 7.92. The zero-order chi connectivity index (χ0) is 14.1. The van der Waals surface area contributed by atoms with E-state index in [0.29, 0.717) is 6.04 Å². The topological polar surface area (TPSA) is 49.6 Å². The van der Waals surface area contributed by atoms with Crippen LogP contribution >= 0.6 is 0 Å². The minimum absolute atomic E-state index is 0.00631. The number of nitrogens with one attached hydrogen (secondary N) is 1. The largest absolute Gasteiger partial charge is 0.312 e. The summed E-state index contributed by atoms with van der Waals surface area (Å²) in [4.78, 5) is 19.1. The Labute approximate surface area is 118 Å². The van der Waals surface area contributed by atoms with Crippen molar-refractivity contribution in [3.8, 4) is 0 Å². The predicted molar refractivity (Wildman–Crippen MR) is 78.9 cm³/mol. The molecule has 0 amide bonds. The first-order chi connectivity index (χ1) is 9.61. The van der Waals surface area contributed by atoms with Gasteiger partial charge in [-0.05, 0) is 31.5 Å². The van der Waals surface area contributed by atoms with Gasteiger partial charge in [0.1, 0.15) is 5.65 Å². The molecule has 2 aromatic rings. The second kappa shape index (κ2) is 5.34. The summed E-state index contributed by atoms with van der Waals surface area (Å²) in [6.07, 6.45) is 1.79. The molecule has 20 heavy (non-hydrogen) atoms. The molecule has 1 aliphatic rings. The number of nitrogens with zero attached hydrogens (tertiary/aromatic N) is 3. The van der Waals surface area contributed by atoms with E-state index < -0.39 is 0 Å². The monoisotopic (exact) mass is 272 g/mol. The minimum atomic E-state index is -0.00631. The second-order valence-corrected chi connectivity index (χ2v) is 5.61. The van der Waals surface area contributed by atoms with Crippen LogP contribution < -0.4 is 10.9 Å². The highest BCUT2D eigenvalue weighted by molar-refractivity contribution is 5.41. The Morgan fingerprint density at radius 1 is 1.45 bits per heavy atom. The zero-order valence-corrected chi connectivity index (χ0v) is 12.0. The summed E-state index contributed by atoms with van der Waals surface area (Å²) >= 11 is 0. The molecule has 1 N–H and O–H groups in total. The van der Waals surface area contributed by atoms with E-state index in [1.807, 2.05) is 19.1 Å². The Morgan fingerprint density at radius 2 is 2.30 bits per heavy atom. The van der Waals surface area contributed by atoms with Crippen LogP contribution in [0.4, 0.5) is 0 Å². The third-order valence-corrected chi connectivity index (χ3v) is 3.71. The van der Waals surface area contributed by atoms with Crippen molar-refractivity contribution in [3.63, 3.8) is 0 Å². The quantitative estimate of drug-likeness (QED) is 0.878. The first-order valence-electron chi connectivity index (χ1n) is 7.06. The van der Waals surface area contributed by atoms with Crippen molar-refractivity contribution in [2.75, 3.05) is 19.6 Å². The van der Waals surface area contributed by atoms with E-state index in [0.717, 1.165) is 43.1 Å². The maximum absolute atomic E-state index is 12.1. The van der Waals surface area contributed by atoms with Gasteiger partial charge in [-0.15, -0.1) is 0 Å². The first kappa shape index (κ1) is 13.3. The van der Waals surface area contributed by atoms with E-state index in [1.165, 1.54) is 0 Å². The van der Waals surface area contributed by atoms with Gasteiger partial charge in [-0.25, -0.2) is 4.98 Å². The van der Waals surface area contributed by atoms with Crippen molar-refractivity contribution in [2.24, 2.45) is 0 Å². The summed E-state index contributed by atoms with van der Waals surface area (Å²) in [7, 11) is 0. The van der Waals surface area contributed by atoms with Crippen molar-refractivity contribution >= 4 is 5.65 Å². The summed E-state index contributed by atoms with van der Waals surface area (Å²) in [5.74, 6) is 0. The number of piperazine rings is 1. The van der Waals surface area contributed by atoms with Crippen LogP contribution in [0.3, 0.4) is 0 Å². The molecule has 1 aliphatic heterocycles. The lowest BCUT2D eigenvalue weighted by Gasteiger charge is -2.31. The Kier molecular flexibility index (Phi) is 3.54. The van der Waals surface area contributed by atoms with Crippen LogP contribution in [0.15, 0.2) is 29.2 Å². The molecule has 1 fully saturated rings. The van der Waals surface area contributed by atoms with Gasteiger partial charge in [0.05, 0.1) is 5.69 Å². The molecule has 2 aromatic heterocycles. The number of fused-ring (bicyclic) bond motifs is 1. The van der Waals surface area contributed by atoms with E-state index in [1.54, 1.807) is 16.7 Å². The number of aromatic nitrogens is 2. The molecule has 0 aromatic carbocycles. The van der Waals surface area contributed by atoms with Crippen LogP contribution in [0.5, 0.6) is 0 Å². The molecular weight excluding hydrogens is 252 g/mol. The SMILES string of the molecule is Cc1ccn2c(=O)cc(CN3CCN[C@@H](C)C3)nc2c1. The van der Waals surface area contributed by atoms with Crippen molar-refractivity contribution in [2.45, 2.75) is 26.4 Å². The summed E-state index contributed by atoms with van der Waals surface area (Å²) in [6, 6.07) is 6.01. The van der Waals surface area contributed by atoms with Crippen LogP contribution in [0, 0.1) is 6.92 Å². The molecule has 106 valence electrons. The van der Waals surface area contributed by atoms with Crippen molar-refractivity contribution in [1.82, 2.24) is 19.6 Å². The van der Waals surface area contributed by atoms with Crippen LogP contribution in [0.25, 0.3) is 5.65 Å². The molecule has 0 spiro atoms. The average molecular weight is 272 g/mol.